The number of aryl methyl sites for hydroxylation is 1. The summed E-state index contributed by atoms with van der Waals surface area (Å²) >= 11 is 0. The number of sulfonamides is 1. The van der Waals surface area contributed by atoms with E-state index in [1.165, 1.54) is 11.4 Å². The molecular weight excluding hydrogens is 306 g/mol. The molecule has 0 bridgehead atoms. The van der Waals surface area contributed by atoms with Gasteiger partial charge in [0.05, 0.1) is 18.7 Å². The third kappa shape index (κ3) is 3.17. The predicted molar refractivity (Wildman–Crippen MR) is 80.8 cm³/mol. The van der Waals surface area contributed by atoms with Crippen molar-refractivity contribution in [3.63, 3.8) is 0 Å². The van der Waals surface area contributed by atoms with E-state index in [0.717, 1.165) is 0 Å². The number of hydrogen-bond donors (Lipinski definition) is 0. The molecule has 22 heavy (non-hydrogen) atoms. The quantitative estimate of drug-likeness (QED) is 0.779. The molecule has 1 aromatic heterocycles. The van der Waals surface area contributed by atoms with Gasteiger partial charge in [0, 0.05) is 25.3 Å². The molecule has 0 saturated carbocycles. The third-order valence-electron chi connectivity index (χ3n) is 4.01. The van der Waals surface area contributed by atoms with Crippen LogP contribution in [0.1, 0.15) is 38.4 Å². The van der Waals surface area contributed by atoms with Crippen LogP contribution in [0, 0.1) is 12.8 Å². The summed E-state index contributed by atoms with van der Waals surface area (Å²) in [5.41, 5.74) is 0.504. The molecule has 8 heteroatoms. The highest BCUT2D eigenvalue weighted by molar-refractivity contribution is 7.89. The van der Waals surface area contributed by atoms with Gasteiger partial charge in [0.2, 0.25) is 10.0 Å². The number of methoxy groups -OCH3 is 1. The van der Waals surface area contributed by atoms with Gasteiger partial charge >= 0.3 is 5.97 Å². The minimum absolute atomic E-state index is 0.104. The van der Waals surface area contributed by atoms with Gasteiger partial charge in [-0.3, -0.25) is 9.48 Å². The second-order valence-electron chi connectivity index (χ2n) is 5.85. The average molecular weight is 329 g/mol. The maximum Gasteiger partial charge on any atom is 0.308 e. The van der Waals surface area contributed by atoms with Crippen molar-refractivity contribution in [1.82, 2.24) is 14.1 Å². The number of ether oxygens (including phenoxy) is 1. The Morgan fingerprint density at radius 2 is 1.95 bits per heavy atom. The fourth-order valence-corrected chi connectivity index (χ4v) is 4.25. The molecule has 1 aliphatic heterocycles. The lowest BCUT2D eigenvalue weighted by Gasteiger charge is -2.29. The van der Waals surface area contributed by atoms with Gasteiger partial charge in [0.25, 0.3) is 0 Å². The summed E-state index contributed by atoms with van der Waals surface area (Å²) in [4.78, 5) is 11.8. The molecule has 0 aromatic carbocycles. The van der Waals surface area contributed by atoms with Gasteiger partial charge in [0.15, 0.2) is 0 Å². The topological polar surface area (TPSA) is 81.5 Å². The highest BCUT2D eigenvalue weighted by atomic mass is 32.2. The molecule has 124 valence electrons. The molecule has 2 heterocycles. The molecule has 0 radical (unpaired) electrons. The second kappa shape index (κ2) is 6.37. The second-order valence-corrected chi connectivity index (χ2v) is 7.76. The van der Waals surface area contributed by atoms with E-state index in [-0.39, 0.29) is 22.8 Å². The fourth-order valence-electron chi connectivity index (χ4n) is 2.62. The van der Waals surface area contributed by atoms with E-state index in [1.54, 1.807) is 17.8 Å². The summed E-state index contributed by atoms with van der Waals surface area (Å²) in [5, 5.41) is 4.26. The van der Waals surface area contributed by atoms with Crippen LogP contribution in [0.3, 0.4) is 0 Å². The normalized spacial score (nSPS) is 17.9. The van der Waals surface area contributed by atoms with E-state index in [0.29, 0.717) is 31.6 Å². The van der Waals surface area contributed by atoms with Gasteiger partial charge in [-0.25, -0.2) is 8.42 Å². The zero-order valence-electron chi connectivity index (χ0n) is 13.4. The van der Waals surface area contributed by atoms with E-state index in [9.17, 15) is 13.2 Å². The van der Waals surface area contributed by atoms with Crippen molar-refractivity contribution in [3.8, 4) is 0 Å². The molecule has 0 N–H and O–H groups in total. The molecule has 2 rings (SSSR count). The van der Waals surface area contributed by atoms with Crippen LogP contribution in [0.2, 0.25) is 0 Å². The summed E-state index contributed by atoms with van der Waals surface area (Å²) in [5.74, 6) is -0.475. The van der Waals surface area contributed by atoms with Gasteiger partial charge in [-0.05, 0) is 33.6 Å². The maximum atomic E-state index is 12.7. The van der Waals surface area contributed by atoms with Crippen molar-refractivity contribution in [2.45, 2.75) is 44.6 Å². The van der Waals surface area contributed by atoms with Crippen molar-refractivity contribution in [3.05, 3.63) is 11.9 Å². The Morgan fingerprint density at radius 3 is 2.41 bits per heavy atom. The highest BCUT2D eigenvalue weighted by Crippen LogP contribution is 2.26. The maximum absolute atomic E-state index is 12.7. The molecular formula is C14H23N3O4S. The summed E-state index contributed by atoms with van der Waals surface area (Å²) < 4.78 is 33.3. The average Bonchev–Trinajstić information content (AvgIpc) is 2.89. The van der Waals surface area contributed by atoms with Crippen LogP contribution >= 0.6 is 0 Å². The van der Waals surface area contributed by atoms with Crippen LogP contribution in [0.25, 0.3) is 0 Å². The van der Waals surface area contributed by atoms with Crippen LogP contribution in [0.15, 0.2) is 11.1 Å². The van der Waals surface area contributed by atoms with Gasteiger partial charge in [-0.15, -0.1) is 0 Å². The minimum atomic E-state index is -3.56. The van der Waals surface area contributed by atoms with Crippen LogP contribution in [-0.2, 0) is 19.6 Å². The van der Waals surface area contributed by atoms with Crippen molar-refractivity contribution >= 4 is 16.0 Å². The number of rotatable bonds is 4. The number of carbonyl (C=O) groups is 1. The zero-order valence-corrected chi connectivity index (χ0v) is 14.3. The van der Waals surface area contributed by atoms with Gasteiger partial charge in [-0.2, -0.15) is 9.40 Å². The minimum Gasteiger partial charge on any atom is -0.469 e. The Kier molecular flexibility index (Phi) is 4.91. The van der Waals surface area contributed by atoms with Crippen molar-refractivity contribution in [2.75, 3.05) is 20.2 Å². The van der Waals surface area contributed by atoms with Gasteiger partial charge in [0.1, 0.15) is 4.90 Å². The summed E-state index contributed by atoms with van der Waals surface area (Å²) in [6.45, 7) is 6.26. The number of carbonyl (C=O) groups excluding carboxylic acids is 1. The lowest BCUT2D eigenvalue weighted by molar-refractivity contribution is -0.146. The first kappa shape index (κ1) is 17.0. The lowest BCUT2D eigenvalue weighted by atomic mass is 9.99. The first-order valence-corrected chi connectivity index (χ1v) is 8.85. The number of hydrogen-bond acceptors (Lipinski definition) is 5. The van der Waals surface area contributed by atoms with Crippen LogP contribution < -0.4 is 0 Å². The molecule has 7 nitrogen and oxygen atoms in total. The third-order valence-corrected chi connectivity index (χ3v) is 6.01. The summed E-state index contributed by atoms with van der Waals surface area (Å²) in [7, 11) is -2.21. The van der Waals surface area contributed by atoms with E-state index in [2.05, 4.69) is 5.10 Å². The van der Waals surface area contributed by atoms with E-state index in [1.807, 2.05) is 13.8 Å². The first-order valence-electron chi connectivity index (χ1n) is 7.41. The molecule has 0 unspecified atom stereocenters. The molecule has 1 aromatic rings. The highest BCUT2D eigenvalue weighted by Gasteiger charge is 2.34. The standard InChI is InChI=1S/C14H23N3O4S/c1-10(2)17-9-13(11(3)15-17)22(19,20)16-7-5-12(6-8-16)14(18)21-4/h9-10,12H,5-8H2,1-4H3. The molecule has 1 saturated heterocycles. The van der Waals surface area contributed by atoms with E-state index in [4.69, 9.17) is 4.74 Å². The largest absolute Gasteiger partial charge is 0.469 e. The summed E-state index contributed by atoms with van der Waals surface area (Å²) in [6, 6.07) is 0.104. The summed E-state index contributed by atoms with van der Waals surface area (Å²) in [6.07, 6.45) is 2.56. The Bertz CT molecular complexity index is 643. The van der Waals surface area contributed by atoms with Crippen LogP contribution in [0.5, 0.6) is 0 Å². The smallest absolute Gasteiger partial charge is 0.308 e. The predicted octanol–water partition coefficient (Wildman–Crippen LogP) is 1.35. The van der Waals surface area contributed by atoms with E-state index >= 15 is 0 Å². The van der Waals surface area contributed by atoms with Gasteiger partial charge < -0.3 is 4.74 Å². The van der Waals surface area contributed by atoms with Gasteiger partial charge in [-0.1, -0.05) is 0 Å². The molecule has 0 atom stereocenters. The Hall–Kier alpha value is -1.41. The van der Waals surface area contributed by atoms with Crippen molar-refractivity contribution in [1.29, 1.82) is 0 Å². The van der Waals surface area contributed by atoms with E-state index < -0.39 is 10.0 Å². The number of esters is 1. The lowest BCUT2D eigenvalue weighted by Crippen LogP contribution is -2.40. The molecule has 0 spiro atoms. The number of nitrogens with zero attached hydrogens (tertiary/aromatic N) is 3. The molecule has 1 fully saturated rings. The van der Waals surface area contributed by atoms with Crippen molar-refractivity contribution < 1.29 is 17.9 Å². The molecule has 1 aliphatic rings. The Morgan fingerprint density at radius 1 is 1.36 bits per heavy atom. The van der Waals surface area contributed by atoms with Crippen LogP contribution in [0.4, 0.5) is 0 Å². The Balaban J connectivity index is 2.17. The zero-order chi connectivity index (χ0) is 16.5. The number of aromatic nitrogens is 2. The van der Waals surface area contributed by atoms with Crippen molar-refractivity contribution in [2.24, 2.45) is 5.92 Å². The SMILES string of the molecule is COC(=O)C1CCN(S(=O)(=O)c2cn(C(C)C)nc2C)CC1. The first-order chi connectivity index (χ1) is 10.3. The molecule has 0 amide bonds. The number of piperidine rings is 1. The van der Waals surface area contributed by atoms with Crippen LogP contribution in [-0.4, -0.2) is 48.7 Å². The fraction of sp³-hybridized carbons (Fsp3) is 0.714. The molecule has 0 aliphatic carbocycles. The Labute approximate surface area is 131 Å². The monoisotopic (exact) mass is 329 g/mol.